The number of benzene rings is 1. The van der Waals surface area contributed by atoms with E-state index in [0.717, 1.165) is 13.1 Å². The number of hydrogen-bond acceptors (Lipinski definition) is 3. The van der Waals surface area contributed by atoms with Gasteiger partial charge in [-0.05, 0) is 49.5 Å². The Balaban J connectivity index is 1.69. The van der Waals surface area contributed by atoms with Crippen molar-refractivity contribution in [3.8, 4) is 0 Å². The van der Waals surface area contributed by atoms with Gasteiger partial charge in [-0.15, -0.1) is 11.3 Å². The Kier molecular flexibility index (Phi) is 4.85. The third-order valence-corrected chi connectivity index (χ3v) is 5.00. The molecule has 5 heteroatoms. The van der Waals surface area contributed by atoms with Crippen molar-refractivity contribution in [2.75, 3.05) is 19.6 Å². The molecule has 1 aromatic carbocycles. The highest BCUT2D eigenvalue weighted by Crippen LogP contribution is 2.27. The van der Waals surface area contributed by atoms with Gasteiger partial charge in [-0.25, -0.2) is 4.39 Å². The lowest BCUT2D eigenvalue weighted by atomic mass is 10.1. The zero-order valence-corrected chi connectivity index (χ0v) is 13.1. The van der Waals surface area contributed by atoms with Crippen molar-refractivity contribution in [1.29, 1.82) is 0 Å². The molecule has 2 heterocycles. The lowest BCUT2D eigenvalue weighted by Crippen LogP contribution is -2.36. The van der Waals surface area contributed by atoms with E-state index >= 15 is 0 Å². The molecule has 1 aromatic heterocycles. The van der Waals surface area contributed by atoms with Crippen LogP contribution in [0.4, 0.5) is 4.39 Å². The van der Waals surface area contributed by atoms with E-state index < -0.39 is 5.82 Å². The lowest BCUT2D eigenvalue weighted by molar-refractivity contribution is 0.0934. The largest absolute Gasteiger partial charge is 0.350 e. The van der Waals surface area contributed by atoms with Crippen molar-refractivity contribution in [2.45, 2.75) is 18.9 Å². The number of thiophene rings is 1. The van der Waals surface area contributed by atoms with E-state index in [2.05, 4.69) is 21.7 Å². The average molecular weight is 318 g/mol. The first-order chi connectivity index (χ1) is 10.8. The smallest absolute Gasteiger partial charge is 0.254 e. The Morgan fingerprint density at radius 1 is 1.23 bits per heavy atom. The molecule has 0 spiro atoms. The molecule has 3 nitrogen and oxygen atoms in total. The van der Waals surface area contributed by atoms with Gasteiger partial charge in [0, 0.05) is 11.4 Å². The van der Waals surface area contributed by atoms with Gasteiger partial charge in [-0.1, -0.05) is 18.2 Å². The standard InChI is InChI=1S/C17H19FN2OS/c18-14-7-2-1-6-13(14)17(21)19-12-15(16-8-5-11-22-16)20-9-3-4-10-20/h1-2,5-8,11,15H,3-4,9-10,12H2,(H,19,21). The quantitative estimate of drug-likeness (QED) is 0.916. The third kappa shape index (κ3) is 3.36. The van der Waals surface area contributed by atoms with Gasteiger partial charge in [0.15, 0.2) is 0 Å². The van der Waals surface area contributed by atoms with E-state index in [1.54, 1.807) is 23.5 Å². The van der Waals surface area contributed by atoms with Crippen LogP contribution in [0, 0.1) is 5.82 Å². The normalized spacial score (nSPS) is 16.6. The first-order valence-corrected chi connectivity index (χ1v) is 8.44. The summed E-state index contributed by atoms with van der Waals surface area (Å²) >= 11 is 1.70. The Bertz CT molecular complexity index is 623. The molecule has 1 atom stereocenters. The Labute approximate surface area is 133 Å². The summed E-state index contributed by atoms with van der Waals surface area (Å²) in [6.07, 6.45) is 2.40. The molecule has 22 heavy (non-hydrogen) atoms. The van der Waals surface area contributed by atoms with Gasteiger partial charge in [0.1, 0.15) is 5.82 Å². The van der Waals surface area contributed by atoms with E-state index in [9.17, 15) is 9.18 Å². The van der Waals surface area contributed by atoms with Crippen molar-refractivity contribution in [3.05, 3.63) is 58.0 Å². The summed E-state index contributed by atoms with van der Waals surface area (Å²) in [6, 6.07) is 10.4. The van der Waals surface area contributed by atoms with Crippen LogP contribution in [0.2, 0.25) is 0 Å². The van der Waals surface area contributed by atoms with Crippen LogP contribution >= 0.6 is 11.3 Å². The molecule has 1 fully saturated rings. The van der Waals surface area contributed by atoms with Crippen LogP contribution in [0.1, 0.15) is 34.1 Å². The molecule has 1 aliphatic rings. The zero-order chi connectivity index (χ0) is 15.4. The number of carbonyl (C=O) groups excluding carboxylic acids is 1. The van der Waals surface area contributed by atoms with Crippen LogP contribution in [-0.4, -0.2) is 30.4 Å². The number of amides is 1. The number of nitrogens with zero attached hydrogens (tertiary/aromatic N) is 1. The van der Waals surface area contributed by atoms with Gasteiger partial charge in [-0.3, -0.25) is 9.69 Å². The Morgan fingerprint density at radius 3 is 2.68 bits per heavy atom. The minimum absolute atomic E-state index is 0.105. The first-order valence-electron chi connectivity index (χ1n) is 7.56. The molecule has 2 aromatic rings. The Hall–Kier alpha value is -1.72. The molecule has 0 bridgehead atoms. The number of nitrogens with one attached hydrogen (secondary N) is 1. The fraction of sp³-hybridized carbons (Fsp3) is 0.353. The highest BCUT2D eigenvalue weighted by molar-refractivity contribution is 7.10. The molecule has 0 saturated carbocycles. The van der Waals surface area contributed by atoms with Gasteiger partial charge in [-0.2, -0.15) is 0 Å². The molecule has 1 unspecified atom stereocenters. The number of halogens is 1. The fourth-order valence-electron chi connectivity index (χ4n) is 2.87. The van der Waals surface area contributed by atoms with Crippen LogP contribution in [-0.2, 0) is 0 Å². The van der Waals surface area contributed by atoms with Gasteiger partial charge in [0.25, 0.3) is 5.91 Å². The summed E-state index contributed by atoms with van der Waals surface area (Å²) in [4.78, 5) is 15.8. The molecule has 116 valence electrons. The number of carbonyl (C=O) groups is 1. The van der Waals surface area contributed by atoms with E-state index in [-0.39, 0.29) is 17.5 Å². The zero-order valence-electron chi connectivity index (χ0n) is 12.3. The molecule has 0 aliphatic carbocycles. The molecule has 3 rings (SSSR count). The minimum atomic E-state index is -0.478. The lowest BCUT2D eigenvalue weighted by Gasteiger charge is -2.27. The van der Waals surface area contributed by atoms with Crippen LogP contribution in [0.15, 0.2) is 41.8 Å². The minimum Gasteiger partial charge on any atom is -0.350 e. The second-order valence-corrected chi connectivity index (χ2v) is 6.44. The fourth-order valence-corrected chi connectivity index (χ4v) is 3.73. The molecular weight excluding hydrogens is 299 g/mol. The van der Waals surface area contributed by atoms with E-state index in [4.69, 9.17) is 0 Å². The molecule has 1 N–H and O–H groups in total. The van der Waals surface area contributed by atoms with Gasteiger partial charge in [0.05, 0.1) is 11.6 Å². The van der Waals surface area contributed by atoms with Crippen LogP contribution in [0.25, 0.3) is 0 Å². The maximum atomic E-state index is 13.7. The van der Waals surface area contributed by atoms with Gasteiger partial charge in [0.2, 0.25) is 0 Å². The summed E-state index contributed by atoms with van der Waals surface area (Å²) in [7, 11) is 0. The predicted octanol–water partition coefficient (Wildman–Crippen LogP) is 3.45. The second-order valence-electron chi connectivity index (χ2n) is 5.46. The third-order valence-electron chi connectivity index (χ3n) is 4.03. The van der Waals surface area contributed by atoms with E-state index in [1.165, 1.54) is 29.9 Å². The number of hydrogen-bond donors (Lipinski definition) is 1. The summed E-state index contributed by atoms with van der Waals surface area (Å²) in [5.41, 5.74) is 0.105. The van der Waals surface area contributed by atoms with Gasteiger partial charge < -0.3 is 5.32 Å². The second kappa shape index (κ2) is 7.03. The molecular formula is C17H19FN2OS. The van der Waals surface area contributed by atoms with Crippen LogP contribution < -0.4 is 5.32 Å². The van der Waals surface area contributed by atoms with Crippen molar-refractivity contribution >= 4 is 17.2 Å². The summed E-state index contributed by atoms with van der Waals surface area (Å²) in [5.74, 6) is -0.826. The molecule has 1 saturated heterocycles. The van der Waals surface area contributed by atoms with Gasteiger partial charge >= 0.3 is 0 Å². The summed E-state index contributed by atoms with van der Waals surface area (Å²) < 4.78 is 13.7. The van der Waals surface area contributed by atoms with Crippen molar-refractivity contribution in [1.82, 2.24) is 10.2 Å². The van der Waals surface area contributed by atoms with Crippen molar-refractivity contribution in [3.63, 3.8) is 0 Å². The SMILES string of the molecule is O=C(NCC(c1cccs1)N1CCCC1)c1ccccc1F. The van der Waals surface area contributed by atoms with Crippen molar-refractivity contribution in [2.24, 2.45) is 0 Å². The predicted molar refractivity (Wildman–Crippen MR) is 86.6 cm³/mol. The summed E-state index contributed by atoms with van der Waals surface area (Å²) in [6.45, 7) is 2.62. The van der Waals surface area contributed by atoms with E-state index in [1.807, 2.05) is 6.07 Å². The first kappa shape index (κ1) is 15.2. The van der Waals surface area contributed by atoms with Crippen LogP contribution in [0.3, 0.4) is 0 Å². The average Bonchev–Trinajstić information content (AvgIpc) is 3.21. The Morgan fingerprint density at radius 2 is 2.00 bits per heavy atom. The number of likely N-dealkylation sites (tertiary alicyclic amines) is 1. The maximum Gasteiger partial charge on any atom is 0.254 e. The topological polar surface area (TPSA) is 32.3 Å². The highest BCUT2D eigenvalue weighted by Gasteiger charge is 2.25. The number of rotatable bonds is 5. The maximum absolute atomic E-state index is 13.7. The van der Waals surface area contributed by atoms with E-state index in [0.29, 0.717) is 6.54 Å². The van der Waals surface area contributed by atoms with Crippen molar-refractivity contribution < 1.29 is 9.18 Å². The highest BCUT2D eigenvalue weighted by atomic mass is 32.1. The monoisotopic (exact) mass is 318 g/mol. The molecule has 1 amide bonds. The molecule has 0 radical (unpaired) electrons. The summed E-state index contributed by atoms with van der Waals surface area (Å²) in [5, 5.41) is 4.94. The van der Waals surface area contributed by atoms with Crippen LogP contribution in [0.5, 0.6) is 0 Å². The molecule has 1 aliphatic heterocycles.